The molecular weight excluding hydrogens is 214 g/mol. The lowest BCUT2D eigenvalue weighted by Crippen LogP contribution is -2.20. The summed E-state index contributed by atoms with van der Waals surface area (Å²) in [6.07, 6.45) is 5.03. The van der Waals surface area contributed by atoms with E-state index in [1.54, 1.807) is 18.5 Å². The molecule has 6 heteroatoms. The van der Waals surface area contributed by atoms with Gasteiger partial charge in [-0.15, -0.1) is 0 Å². The zero-order valence-corrected chi connectivity index (χ0v) is 9.29. The molecule has 1 aromatic heterocycles. The molecule has 0 spiro atoms. The Labute approximate surface area is 88.9 Å². The molecule has 2 rings (SSSR count). The van der Waals surface area contributed by atoms with Gasteiger partial charge in [-0.05, 0) is 11.6 Å². The fourth-order valence-electron chi connectivity index (χ4n) is 1.49. The van der Waals surface area contributed by atoms with Crippen molar-refractivity contribution in [3.8, 4) is 0 Å². The topological polar surface area (TPSA) is 63.5 Å². The van der Waals surface area contributed by atoms with Crippen molar-refractivity contribution < 1.29 is 8.42 Å². The summed E-state index contributed by atoms with van der Waals surface area (Å²) < 4.78 is 23.6. The van der Waals surface area contributed by atoms with Gasteiger partial charge < -0.3 is 5.32 Å². The van der Waals surface area contributed by atoms with E-state index >= 15 is 0 Å². The first-order valence-corrected chi connectivity index (χ1v) is 6.55. The lowest BCUT2D eigenvalue weighted by molar-refractivity contribution is 0.593. The van der Waals surface area contributed by atoms with Gasteiger partial charge in [0.1, 0.15) is 5.84 Å². The Hall–Kier alpha value is -1.30. The quantitative estimate of drug-likeness (QED) is 0.780. The van der Waals surface area contributed by atoms with E-state index in [1.807, 2.05) is 0 Å². The van der Waals surface area contributed by atoms with E-state index in [4.69, 9.17) is 0 Å². The van der Waals surface area contributed by atoms with Crippen LogP contribution in [0.2, 0.25) is 0 Å². The molecule has 0 radical (unpaired) electrons. The maximum atomic E-state index is 11.2. The molecule has 82 valence electrons. The number of aliphatic imine (C=N–C) groups is 1. The fourth-order valence-corrected chi connectivity index (χ4v) is 2.10. The Balaban J connectivity index is 2.14. The van der Waals surface area contributed by atoms with Crippen molar-refractivity contribution in [2.75, 3.05) is 19.3 Å². The van der Waals surface area contributed by atoms with Crippen LogP contribution in [0.3, 0.4) is 0 Å². The number of hydrogen-bond acceptors (Lipinski definition) is 4. The Bertz CT molecular complexity index is 487. The number of hydrogen-bond donors (Lipinski definition) is 1. The van der Waals surface area contributed by atoms with Gasteiger partial charge in [-0.3, -0.25) is 8.96 Å². The lowest BCUT2D eigenvalue weighted by atomic mass is 10.2. The van der Waals surface area contributed by atoms with Crippen molar-refractivity contribution >= 4 is 15.9 Å². The second-order valence-corrected chi connectivity index (χ2v) is 5.43. The minimum absolute atomic E-state index is 0.669. The van der Waals surface area contributed by atoms with Gasteiger partial charge in [0.05, 0.1) is 12.8 Å². The van der Waals surface area contributed by atoms with E-state index in [9.17, 15) is 8.42 Å². The number of nitrogens with zero attached hydrogens (tertiary/aromatic N) is 2. The number of rotatable bonds is 3. The summed E-state index contributed by atoms with van der Waals surface area (Å²) in [4.78, 5) is 4.25. The predicted molar refractivity (Wildman–Crippen MR) is 58.7 cm³/mol. The molecule has 0 saturated heterocycles. The third-order valence-corrected chi connectivity index (χ3v) is 3.22. The van der Waals surface area contributed by atoms with E-state index in [1.165, 1.54) is 10.2 Å². The second-order valence-electron chi connectivity index (χ2n) is 3.54. The molecule has 0 saturated carbocycles. The average molecular weight is 227 g/mol. The Kier molecular flexibility index (Phi) is 2.52. The van der Waals surface area contributed by atoms with Crippen LogP contribution in [0, 0.1) is 0 Å². The van der Waals surface area contributed by atoms with E-state index in [2.05, 4.69) is 10.3 Å². The van der Waals surface area contributed by atoms with Crippen LogP contribution < -0.4 is 5.32 Å². The normalized spacial score (nSPS) is 16.2. The van der Waals surface area contributed by atoms with Crippen molar-refractivity contribution in [3.63, 3.8) is 0 Å². The standard InChI is InChI=1S/C9H13N3O2S/c1-15(13,14)12-5-2-8(7-12)6-9-10-3-4-11-9/h2,5,7H,3-4,6H2,1H3,(H,10,11). The molecule has 1 aliphatic heterocycles. The summed E-state index contributed by atoms with van der Waals surface area (Å²) in [6, 6.07) is 1.80. The van der Waals surface area contributed by atoms with Gasteiger partial charge in [0.25, 0.3) is 0 Å². The number of aromatic nitrogens is 1. The Morgan fingerprint density at radius 3 is 2.93 bits per heavy atom. The number of nitrogens with one attached hydrogen (secondary N) is 1. The molecular formula is C9H13N3O2S. The van der Waals surface area contributed by atoms with Gasteiger partial charge in [0.2, 0.25) is 10.0 Å². The molecule has 15 heavy (non-hydrogen) atoms. The van der Waals surface area contributed by atoms with Crippen LogP contribution in [-0.2, 0) is 16.4 Å². The van der Waals surface area contributed by atoms with Crippen molar-refractivity contribution in [1.82, 2.24) is 9.29 Å². The summed E-state index contributed by atoms with van der Waals surface area (Å²) in [5, 5.41) is 3.14. The molecule has 5 nitrogen and oxygen atoms in total. The molecule has 0 atom stereocenters. The van der Waals surface area contributed by atoms with Crippen LogP contribution in [0.1, 0.15) is 5.56 Å². The molecule has 0 aromatic carbocycles. The highest BCUT2D eigenvalue weighted by molar-refractivity contribution is 7.89. The van der Waals surface area contributed by atoms with Gasteiger partial charge in [-0.25, -0.2) is 8.42 Å². The van der Waals surface area contributed by atoms with E-state index in [0.29, 0.717) is 6.42 Å². The van der Waals surface area contributed by atoms with Gasteiger partial charge >= 0.3 is 0 Å². The van der Waals surface area contributed by atoms with Gasteiger partial charge in [0, 0.05) is 25.4 Å². The molecule has 0 fully saturated rings. The van der Waals surface area contributed by atoms with Crippen molar-refractivity contribution in [2.45, 2.75) is 6.42 Å². The largest absolute Gasteiger partial charge is 0.372 e. The fraction of sp³-hybridized carbons (Fsp3) is 0.444. The van der Waals surface area contributed by atoms with Gasteiger partial charge in [-0.1, -0.05) is 0 Å². The first-order chi connectivity index (χ1) is 7.05. The summed E-state index contributed by atoms with van der Waals surface area (Å²) in [5.41, 5.74) is 0.952. The van der Waals surface area contributed by atoms with Crippen molar-refractivity contribution in [2.24, 2.45) is 4.99 Å². The van der Waals surface area contributed by atoms with E-state index < -0.39 is 10.0 Å². The zero-order valence-electron chi connectivity index (χ0n) is 8.47. The zero-order chi connectivity index (χ0) is 10.9. The summed E-state index contributed by atoms with van der Waals surface area (Å²) in [7, 11) is -3.16. The molecule has 1 aliphatic rings. The van der Waals surface area contributed by atoms with Crippen LogP contribution in [0.25, 0.3) is 0 Å². The summed E-state index contributed by atoms with van der Waals surface area (Å²) in [6.45, 7) is 1.68. The summed E-state index contributed by atoms with van der Waals surface area (Å²) in [5.74, 6) is 0.932. The maximum absolute atomic E-state index is 11.2. The van der Waals surface area contributed by atoms with Crippen LogP contribution in [0.5, 0.6) is 0 Å². The SMILES string of the molecule is CS(=O)(=O)n1ccc(CC2=NCCN2)c1. The monoisotopic (exact) mass is 227 g/mol. The van der Waals surface area contributed by atoms with Gasteiger partial charge in [-0.2, -0.15) is 0 Å². The highest BCUT2D eigenvalue weighted by atomic mass is 32.2. The average Bonchev–Trinajstić information content (AvgIpc) is 2.73. The maximum Gasteiger partial charge on any atom is 0.235 e. The Morgan fingerprint density at radius 2 is 2.40 bits per heavy atom. The van der Waals surface area contributed by atoms with Crippen molar-refractivity contribution in [3.05, 3.63) is 24.0 Å². The highest BCUT2D eigenvalue weighted by Gasteiger charge is 2.09. The summed E-state index contributed by atoms with van der Waals surface area (Å²) >= 11 is 0. The smallest absolute Gasteiger partial charge is 0.235 e. The minimum Gasteiger partial charge on any atom is -0.372 e. The third kappa shape index (κ3) is 2.38. The molecule has 1 aromatic rings. The predicted octanol–water partition coefficient (Wildman–Crippen LogP) is -0.160. The first-order valence-electron chi connectivity index (χ1n) is 4.70. The van der Waals surface area contributed by atoms with Crippen LogP contribution in [0.15, 0.2) is 23.5 Å². The highest BCUT2D eigenvalue weighted by Crippen LogP contribution is 2.06. The molecule has 1 N–H and O–H groups in total. The minimum atomic E-state index is -3.16. The van der Waals surface area contributed by atoms with Crippen LogP contribution >= 0.6 is 0 Å². The number of amidine groups is 1. The second kappa shape index (κ2) is 3.69. The van der Waals surface area contributed by atoms with Crippen LogP contribution in [0.4, 0.5) is 0 Å². The molecule has 0 aliphatic carbocycles. The molecule has 0 amide bonds. The van der Waals surface area contributed by atoms with Crippen LogP contribution in [-0.4, -0.2) is 37.6 Å². The lowest BCUT2D eigenvalue weighted by Gasteiger charge is -1.99. The first kappa shape index (κ1) is 10.2. The molecule has 0 bridgehead atoms. The molecule has 2 heterocycles. The third-order valence-electron chi connectivity index (χ3n) is 2.23. The van der Waals surface area contributed by atoms with E-state index in [0.717, 1.165) is 24.5 Å². The Morgan fingerprint density at radius 1 is 1.60 bits per heavy atom. The molecule has 0 unspecified atom stereocenters. The van der Waals surface area contributed by atoms with Crippen molar-refractivity contribution in [1.29, 1.82) is 0 Å². The van der Waals surface area contributed by atoms with E-state index in [-0.39, 0.29) is 0 Å². The van der Waals surface area contributed by atoms with Gasteiger partial charge in [0.15, 0.2) is 0 Å².